The lowest BCUT2D eigenvalue weighted by Gasteiger charge is -2.12. The number of esters is 1. The monoisotopic (exact) mass is 526 g/mol. The van der Waals surface area contributed by atoms with Crippen molar-refractivity contribution in [2.24, 2.45) is 0 Å². The van der Waals surface area contributed by atoms with Gasteiger partial charge in [-0.25, -0.2) is 9.36 Å². The maximum absolute atomic E-state index is 13.6. The normalized spacial score (nSPS) is 11.4. The Morgan fingerprint density at radius 3 is 2.61 bits per heavy atom. The van der Waals surface area contributed by atoms with Crippen molar-refractivity contribution in [2.75, 3.05) is 13.7 Å². The number of rotatable bonds is 7. The standard InChI is InChI=1S/C28H22N4O5S/c1-3-36-26(34)24-21(19-11-5-7-14-23(19)37-24)16-38-28-30-29-27-31(17-9-8-10-18(15-17)35-2)25(33)20-12-4-6-13-22(20)32(27)28/h4-15H,3,16H2,1-2H3. The van der Waals surface area contributed by atoms with E-state index in [4.69, 9.17) is 13.9 Å². The Morgan fingerprint density at radius 1 is 1.00 bits per heavy atom. The number of carbonyl (C=O) groups excluding carboxylic acids is 1. The largest absolute Gasteiger partial charge is 0.497 e. The quantitative estimate of drug-likeness (QED) is 0.205. The van der Waals surface area contributed by atoms with Crippen LogP contribution in [0.15, 0.2) is 87.2 Å². The van der Waals surface area contributed by atoms with Crippen molar-refractivity contribution in [1.82, 2.24) is 19.2 Å². The van der Waals surface area contributed by atoms with Crippen LogP contribution in [0, 0.1) is 0 Å². The Morgan fingerprint density at radius 2 is 1.79 bits per heavy atom. The Kier molecular flexibility index (Phi) is 6.09. The molecule has 3 heterocycles. The number of benzene rings is 3. The van der Waals surface area contributed by atoms with E-state index in [1.165, 1.54) is 16.3 Å². The molecule has 10 heteroatoms. The van der Waals surface area contributed by atoms with Gasteiger partial charge in [-0.2, -0.15) is 0 Å². The van der Waals surface area contributed by atoms with Crippen molar-refractivity contribution >= 4 is 45.4 Å². The van der Waals surface area contributed by atoms with E-state index in [1.807, 2.05) is 65.1 Å². The van der Waals surface area contributed by atoms with Crippen molar-refractivity contribution in [1.29, 1.82) is 0 Å². The molecule has 0 fully saturated rings. The Bertz CT molecular complexity index is 1890. The van der Waals surface area contributed by atoms with E-state index in [0.29, 0.717) is 50.2 Å². The zero-order valence-corrected chi connectivity index (χ0v) is 21.4. The van der Waals surface area contributed by atoms with E-state index in [-0.39, 0.29) is 17.9 Å². The number of nitrogens with zero attached hydrogens (tertiary/aromatic N) is 4. The van der Waals surface area contributed by atoms with Gasteiger partial charge in [0.25, 0.3) is 5.56 Å². The molecule has 0 bridgehead atoms. The minimum Gasteiger partial charge on any atom is -0.497 e. The molecule has 0 aliphatic heterocycles. The van der Waals surface area contributed by atoms with Gasteiger partial charge in [-0.15, -0.1) is 10.2 Å². The van der Waals surface area contributed by atoms with Crippen LogP contribution in [0.2, 0.25) is 0 Å². The molecule has 0 saturated carbocycles. The van der Waals surface area contributed by atoms with Crippen molar-refractivity contribution in [2.45, 2.75) is 17.8 Å². The summed E-state index contributed by atoms with van der Waals surface area (Å²) in [5, 5.41) is 10.8. The average molecular weight is 527 g/mol. The number of fused-ring (bicyclic) bond motifs is 4. The number of hydrogen-bond acceptors (Lipinski definition) is 8. The van der Waals surface area contributed by atoms with Crippen LogP contribution in [0.3, 0.4) is 0 Å². The van der Waals surface area contributed by atoms with Gasteiger partial charge in [-0.1, -0.05) is 48.2 Å². The molecule has 6 aromatic rings. The van der Waals surface area contributed by atoms with Crippen LogP contribution >= 0.6 is 11.8 Å². The fourth-order valence-corrected chi connectivity index (χ4v) is 5.46. The number of furan rings is 1. The molecule has 9 nitrogen and oxygen atoms in total. The summed E-state index contributed by atoms with van der Waals surface area (Å²) in [6.07, 6.45) is 0. The SMILES string of the molecule is CCOC(=O)c1oc2ccccc2c1CSc1nnc2n(-c3cccc(OC)c3)c(=O)c3ccccc3n12. The second-order valence-corrected chi connectivity index (χ2v) is 9.33. The summed E-state index contributed by atoms with van der Waals surface area (Å²) in [6, 6.07) is 22.1. The zero-order valence-electron chi connectivity index (χ0n) is 20.6. The van der Waals surface area contributed by atoms with Gasteiger partial charge in [0, 0.05) is 22.8 Å². The molecule has 3 aromatic carbocycles. The third kappa shape index (κ3) is 3.90. The van der Waals surface area contributed by atoms with Gasteiger partial charge in [-0.05, 0) is 37.3 Å². The van der Waals surface area contributed by atoms with Crippen LogP contribution in [0.5, 0.6) is 5.75 Å². The minimum absolute atomic E-state index is 0.174. The van der Waals surface area contributed by atoms with Gasteiger partial charge < -0.3 is 13.9 Å². The molecule has 3 aromatic heterocycles. The molecule has 0 atom stereocenters. The number of para-hydroxylation sites is 2. The van der Waals surface area contributed by atoms with E-state index >= 15 is 0 Å². The van der Waals surface area contributed by atoms with Crippen LogP contribution in [0.4, 0.5) is 0 Å². The highest BCUT2D eigenvalue weighted by molar-refractivity contribution is 7.98. The molecule has 0 N–H and O–H groups in total. The first-order chi connectivity index (χ1) is 18.6. The molecule has 0 aliphatic carbocycles. The van der Waals surface area contributed by atoms with Gasteiger partial charge in [0.15, 0.2) is 5.16 Å². The number of thioether (sulfide) groups is 1. The van der Waals surface area contributed by atoms with E-state index in [0.717, 1.165) is 5.39 Å². The van der Waals surface area contributed by atoms with Crippen molar-refractivity contribution in [3.63, 3.8) is 0 Å². The molecule has 0 radical (unpaired) electrons. The molecule has 0 spiro atoms. The Balaban J connectivity index is 1.50. The first-order valence-electron chi connectivity index (χ1n) is 11.9. The van der Waals surface area contributed by atoms with E-state index < -0.39 is 5.97 Å². The predicted octanol–water partition coefficient (Wildman–Crippen LogP) is 5.26. The molecular formula is C28H22N4O5S. The van der Waals surface area contributed by atoms with E-state index in [2.05, 4.69) is 10.2 Å². The van der Waals surface area contributed by atoms with Crippen LogP contribution < -0.4 is 10.3 Å². The molecule has 6 rings (SSSR count). The highest BCUT2D eigenvalue weighted by Gasteiger charge is 2.24. The lowest BCUT2D eigenvalue weighted by atomic mass is 10.1. The third-order valence-corrected chi connectivity index (χ3v) is 7.17. The van der Waals surface area contributed by atoms with Crippen LogP contribution in [0.25, 0.3) is 33.3 Å². The molecule has 0 amide bonds. The van der Waals surface area contributed by atoms with Crippen LogP contribution in [0.1, 0.15) is 23.0 Å². The number of hydrogen-bond donors (Lipinski definition) is 0. The van der Waals surface area contributed by atoms with Crippen molar-refractivity contribution in [3.8, 4) is 11.4 Å². The summed E-state index contributed by atoms with van der Waals surface area (Å²) >= 11 is 1.39. The van der Waals surface area contributed by atoms with Gasteiger partial charge in [-0.3, -0.25) is 9.20 Å². The Labute approximate surface area is 220 Å². The predicted molar refractivity (Wildman–Crippen MR) is 144 cm³/mol. The second kappa shape index (κ2) is 9.71. The summed E-state index contributed by atoms with van der Waals surface area (Å²) in [5.41, 5.74) is 2.40. The van der Waals surface area contributed by atoms with E-state index in [1.54, 1.807) is 26.2 Å². The fraction of sp³-hybridized carbons (Fsp3) is 0.143. The number of methoxy groups -OCH3 is 1. The lowest BCUT2D eigenvalue weighted by molar-refractivity contribution is 0.0491. The summed E-state index contributed by atoms with van der Waals surface area (Å²) in [4.78, 5) is 26.3. The first kappa shape index (κ1) is 23.8. The summed E-state index contributed by atoms with van der Waals surface area (Å²) in [5.74, 6) is 1.02. The highest BCUT2D eigenvalue weighted by atomic mass is 32.2. The van der Waals surface area contributed by atoms with Crippen LogP contribution in [-0.2, 0) is 10.5 Å². The van der Waals surface area contributed by atoms with Crippen molar-refractivity contribution in [3.05, 3.63) is 94.5 Å². The molecule has 0 unspecified atom stereocenters. The van der Waals surface area contributed by atoms with Crippen molar-refractivity contribution < 1.29 is 18.7 Å². The second-order valence-electron chi connectivity index (χ2n) is 8.39. The minimum atomic E-state index is -0.511. The number of aromatic nitrogens is 4. The lowest BCUT2D eigenvalue weighted by Crippen LogP contribution is -2.21. The maximum Gasteiger partial charge on any atom is 0.374 e. The van der Waals surface area contributed by atoms with Gasteiger partial charge >= 0.3 is 5.97 Å². The number of ether oxygens (including phenoxy) is 2. The van der Waals surface area contributed by atoms with Gasteiger partial charge in [0.2, 0.25) is 11.5 Å². The van der Waals surface area contributed by atoms with Gasteiger partial charge in [0.05, 0.1) is 30.3 Å². The molecule has 190 valence electrons. The first-order valence-corrected chi connectivity index (χ1v) is 12.9. The smallest absolute Gasteiger partial charge is 0.374 e. The Hall–Kier alpha value is -4.57. The molecule has 0 saturated heterocycles. The molecule has 38 heavy (non-hydrogen) atoms. The average Bonchev–Trinajstić information content (AvgIpc) is 3.54. The zero-order chi connectivity index (χ0) is 26.2. The summed E-state index contributed by atoms with van der Waals surface area (Å²) in [6.45, 7) is 2.00. The highest BCUT2D eigenvalue weighted by Crippen LogP contribution is 2.33. The van der Waals surface area contributed by atoms with Crippen LogP contribution in [-0.4, -0.2) is 38.9 Å². The van der Waals surface area contributed by atoms with Gasteiger partial charge in [0.1, 0.15) is 11.3 Å². The summed E-state index contributed by atoms with van der Waals surface area (Å²) in [7, 11) is 1.58. The molecule has 0 aliphatic rings. The number of carbonyl (C=O) groups is 1. The third-order valence-electron chi connectivity index (χ3n) is 6.21. The molecular weight excluding hydrogens is 504 g/mol. The maximum atomic E-state index is 13.6. The topological polar surface area (TPSA) is 101 Å². The summed E-state index contributed by atoms with van der Waals surface area (Å²) < 4.78 is 19.9. The fourth-order valence-electron chi connectivity index (χ4n) is 4.49. The van der Waals surface area contributed by atoms with E-state index in [9.17, 15) is 9.59 Å².